The number of likely N-dealkylation sites (N-methyl/N-ethyl adjacent to an activating group) is 1. The quantitative estimate of drug-likeness (QED) is 0.908. The van der Waals surface area contributed by atoms with Crippen molar-refractivity contribution in [1.82, 2.24) is 14.8 Å². The van der Waals surface area contributed by atoms with E-state index >= 15 is 0 Å². The van der Waals surface area contributed by atoms with E-state index in [1.165, 1.54) is 0 Å². The summed E-state index contributed by atoms with van der Waals surface area (Å²) in [5.41, 5.74) is 2.12. The summed E-state index contributed by atoms with van der Waals surface area (Å²) in [6, 6.07) is 7.23. The summed E-state index contributed by atoms with van der Waals surface area (Å²) in [7, 11) is 3.64. The summed E-state index contributed by atoms with van der Waals surface area (Å²) in [5, 5.41) is 3.74. The lowest BCUT2D eigenvalue weighted by Crippen LogP contribution is -2.47. The van der Waals surface area contributed by atoms with Crippen LogP contribution in [0.25, 0.3) is 0 Å². The number of aromatic nitrogens is 1. The third-order valence-electron chi connectivity index (χ3n) is 4.22. The molecule has 0 spiro atoms. The zero-order chi connectivity index (χ0) is 17.8. The normalized spacial score (nSPS) is 15.1. The Bertz CT molecular complexity index is 760. The highest BCUT2D eigenvalue weighted by Gasteiger charge is 2.20. The van der Waals surface area contributed by atoms with E-state index in [2.05, 4.69) is 22.2 Å². The Hall–Kier alpha value is -2.31. The SMILES string of the molecule is COc1ccc(Nc2cncc(C(=O)N3CCN(C)CC3)c2)cc1Cl. The van der Waals surface area contributed by atoms with Crippen LogP contribution in [0.4, 0.5) is 11.4 Å². The van der Waals surface area contributed by atoms with Crippen LogP contribution < -0.4 is 10.1 Å². The summed E-state index contributed by atoms with van der Waals surface area (Å²) in [6.07, 6.45) is 3.28. The summed E-state index contributed by atoms with van der Waals surface area (Å²) in [5.74, 6) is 0.626. The first kappa shape index (κ1) is 17.5. The molecule has 0 saturated carbocycles. The van der Waals surface area contributed by atoms with Crippen molar-refractivity contribution >= 4 is 28.9 Å². The van der Waals surface area contributed by atoms with E-state index in [1.807, 2.05) is 17.0 Å². The minimum absolute atomic E-state index is 0.0111. The molecule has 1 aliphatic heterocycles. The molecule has 1 aliphatic rings. The second-order valence-electron chi connectivity index (χ2n) is 6.03. The maximum atomic E-state index is 12.7. The number of amides is 1. The third kappa shape index (κ3) is 4.21. The molecule has 1 saturated heterocycles. The largest absolute Gasteiger partial charge is 0.495 e. The van der Waals surface area contributed by atoms with Gasteiger partial charge in [-0.05, 0) is 31.3 Å². The van der Waals surface area contributed by atoms with Gasteiger partial charge in [-0.15, -0.1) is 0 Å². The highest BCUT2D eigenvalue weighted by Crippen LogP contribution is 2.28. The van der Waals surface area contributed by atoms with Crippen molar-refractivity contribution in [3.63, 3.8) is 0 Å². The van der Waals surface area contributed by atoms with E-state index < -0.39 is 0 Å². The Morgan fingerprint density at radius 3 is 2.60 bits per heavy atom. The highest BCUT2D eigenvalue weighted by molar-refractivity contribution is 6.32. The topological polar surface area (TPSA) is 57.7 Å². The summed E-state index contributed by atoms with van der Waals surface area (Å²) in [6.45, 7) is 3.26. The van der Waals surface area contributed by atoms with Crippen molar-refractivity contribution in [3.8, 4) is 5.75 Å². The van der Waals surface area contributed by atoms with Crippen LogP contribution >= 0.6 is 11.6 Å². The van der Waals surface area contributed by atoms with E-state index in [0.29, 0.717) is 16.3 Å². The lowest BCUT2D eigenvalue weighted by molar-refractivity contribution is 0.0663. The van der Waals surface area contributed by atoms with E-state index in [1.54, 1.807) is 31.6 Å². The fourth-order valence-corrected chi connectivity index (χ4v) is 2.99. The first-order valence-electron chi connectivity index (χ1n) is 8.10. The molecule has 0 bridgehead atoms. The summed E-state index contributed by atoms with van der Waals surface area (Å²) < 4.78 is 5.15. The number of hydrogen-bond donors (Lipinski definition) is 1. The molecular formula is C18H21ClN4O2. The molecule has 0 aliphatic carbocycles. The van der Waals surface area contributed by atoms with Gasteiger partial charge < -0.3 is 19.9 Å². The Balaban J connectivity index is 1.73. The molecule has 0 unspecified atom stereocenters. The van der Waals surface area contributed by atoms with Crippen LogP contribution in [0.5, 0.6) is 5.75 Å². The van der Waals surface area contributed by atoms with Crippen molar-refractivity contribution in [2.45, 2.75) is 0 Å². The van der Waals surface area contributed by atoms with E-state index in [0.717, 1.165) is 37.6 Å². The second-order valence-corrected chi connectivity index (χ2v) is 6.44. The molecule has 3 rings (SSSR count). The molecule has 1 fully saturated rings. The standard InChI is InChI=1S/C18H21ClN4O2/c1-22-5-7-23(8-6-22)18(24)13-9-15(12-20-11-13)21-14-3-4-17(25-2)16(19)10-14/h3-4,9-12,21H,5-8H2,1-2H3. The van der Waals surface area contributed by atoms with Crippen LogP contribution in [0.15, 0.2) is 36.7 Å². The van der Waals surface area contributed by atoms with Crippen molar-refractivity contribution in [2.24, 2.45) is 0 Å². The maximum absolute atomic E-state index is 12.7. The number of nitrogens with zero attached hydrogens (tertiary/aromatic N) is 3. The van der Waals surface area contributed by atoms with Crippen molar-refractivity contribution in [3.05, 3.63) is 47.2 Å². The Kier molecular flexibility index (Phi) is 5.40. The number of pyridine rings is 1. The van der Waals surface area contributed by atoms with Gasteiger partial charge in [0.25, 0.3) is 5.91 Å². The Morgan fingerprint density at radius 1 is 1.16 bits per heavy atom. The Morgan fingerprint density at radius 2 is 1.92 bits per heavy atom. The van der Waals surface area contributed by atoms with E-state index in [4.69, 9.17) is 16.3 Å². The zero-order valence-electron chi connectivity index (χ0n) is 14.3. The van der Waals surface area contributed by atoms with Gasteiger partial charge in [0, 0.05) is 38.1 Å². The summed E-state index contributed by atoms with van der Waals surface area (Å²) in [4.78, 5) is 20.9. The van der Waals surface area contributed by atoms with Crippen molar-refractivity contribution in [1.29, 1.82) is 0 Å². The lowest BCUT2D eigenvalue weighted by Gasteiger charge is -2.32. The number of benzene rings is 1. The van der Waals surface area contributed by atoms with Crippen LogP contribution in [-0.2, 0) is 0 Å². The number of methoxy groups -OCH3 is 1. The minimum atomic E-state index is 0.0111. The number of halogens is 1. The summed E-state index contributed by atoms with van der Waals surface area (Å²) >= 11 is 6.15. The molecule has 132 valence electrons. The average molecular weight is 361 g/mol. The monoisotopic (exact) mass is 360 g/mol. The minimum Gasteiger partial charge on any atom is -0.495 e. The fourth-order valence-electron chi connectivity index (χ4n) is 2.73. The predicted octanol–water partition coefficient (Wildman–Crippen LogP) is 2.87. The molecule has 6 nitrogen and oxygen atoms in total. The molecule has 25 heavy (non-hydrogen) atoms. The first-order chi connectivity index (χ1) is 12.1. The van der Waals surface area contributed by atoms with E-state index in [-0.39, 0.29) is 5.91 Å². The number of ether oxygens (including phenoxy) is 1. The fraction of sp³-hybridized carbons (Fsp3) is 0.333. The molecule has 7 heteroatoms. The number of anilines is 2. The van der Waals surface area contributed by atoms with Crippen LogP contribution in [0.2, 0.25) is 5.02 Å². The van der Waals surface area contributed by atoms with Gasteiger partial charge in [-0.3, -0.25) is 9.78 Å². The third-order valence-corrected chi connectivity index (χ3v) is 4.51. The Labute approximate surface area is 152 Å². The van der Waals surface area contributed by atoms with Crippen molar-refractivity contribution in [2.75, 3.05) is 45.7 Å². The van der Waals surface area contributed by atoms with Crippen molar-refractivity contribution < 1.29 is 9.53 Å². The molecule has 2 aromatic rings. The van der Waals surface area contributed by atoms with Crippen LogP contribution in [0.1, 0.15) is 10.4 Å². The molecule has 1 aromatic heterocycles. The number of carbonyl (C=O) groups excluding carboxylic acids is 1. The van der Waals surface area contributed by atoms with Crippen LogP contribution in [-0.4, -0.2) is 61.0 Å². The van der Waals surface area contributed by atoms with Crippen LogP contribution in [0, 0.1) is 0 Å². The molecule has 1 N–H and O–H groups in total. The highest BCUT2D eigenvalue weighted by atomic mass is 35.5. The number of nitrogens with one attached hydrogen (secondary N) is 1. The zero-order valence-corrected chi connectivity index (χ0v) is 15.1. The number of rotatable bonds is 4. The molecule has 1 aromatic carbocycles. The van der Waals surface area contributed by atoms with Gasteiger partial charge in [0.1, 0.15) is 5.75 Å². The van der Waals surface area contributed by atoms with Gasteiger partial charge in [-0.25, -0.2) is 0 Å². The van der Waals surface area contributed by atoms with Gasteiger partial charge in [0.15, 0.2) is 0 Å². The number of hydrogen-bond acceptors (Lipinski definition) is 5. The lowest BCUT2D eigenvalue weighted by atomic mass is 10.2. The molecule has 0 radical (unpaired) electrons. The maximum Gasteiger partial charge on any atom is 0.255 e. The van der Waals surface area contributed by atoms with E-state index in [9.17, 15) is 4.79 Å². The molecule has 2 heterocycles. The van der Waals surface area contributed by atoms with Gasteiger partial charge in [-0.1, -0.05) is 11.6 Å². The van der Waals surface area contributed by atoms with Gasteiger partial charge >= 0.3 is 0 Å². The number of carbonyl (C=O) groups is 1. The predicted molar refractivity (Wildman–Crippen MR) is 98.9 cm³/mol. The van der Waals surface area contributed by atoms with Crippen LogP contribution in [0.3, 0.4) is 0 Å². The molecule has 0 atom stereocenters. The molecular weight excluding hydrogens is 340 g/mol. The van der Waals surface area contributed by atoms with Gasteiger partial charge in [-0.2, -0.15) is 0 Å². The average Bonchev–Trinajstić information content (AvgIpc) is 2.62. The van der Waals surface area contributed by atoms with Gasteiger partial charge in [0.05, 0.1) is 29.6 Å². The smallest absolute Gasteiger partial charge is 0.255 e. The molecule has 1 amide bonds. The number of piperazine rings is 1. The van der Waals surface area contributed by atoms with Gasteiger partial charge in [0.2, 0.25) is 0 Å². The first-order valence-corrected chi connectivity index (χ1v) is 8.48. The second kappa shape index (κ2) is 7.72.